The van der Waals surface area contributed by atoms with Crippen LogP contribution in [-0.2, 0) is 0 Å². The van der Waals surface area contributed by atoms with Crippen LogP contribution < -0.4 is 0 Å². The van der Waals surface area contributed by atoms with Crippen molar-refractivity contribution in [3.63, 3.8) is 0 Å². The van der Waals surface area contributed by atoms with E-state index in [1.165, 1.54) is 50.5 Å². The van der Waals surface area contributed by atoms with Gasteiger partial charge in [0.05, 0.1) is 0 Å². The van der Waals surface area contributed by atoms with Gasteiger partial charge in [-0.2, -0.15) is 0 Å². The van der Waals surface area contributed by atoms with Crippen LogP contribution in [0.1, 0.15) is 58.8 Å². The minimum atomic E-state index is 1.22. The molecule has 0 aromatic heterocycles. The summed E-state index contributed by atoms with van der Waals surface area (Å²) in [6.45, 7) is 8.11. The second kappa shape index (κ2) is 9.57. The van der Waals surface area contributed by atoms with Crippen LogP contribution in [0.2, 0.25) is 0 Å². The fourth-order valence-corrected chi connectivity index (χ4v) is 1.39. The van der Waals surface area contributed by atoms with Crippen LogP contribution in [-0.4, -0.2) is 0 Å². The zero-order chi connectivity index (χ0) is 9.94. The van der Waals surface area contributed by atoms with Crippen LogP contribution in [0, 0.1) is 0 Å². The Balaban J connectivity index is 2.95. The summed E-state index contributed by atoms with van der Waals surface area (Å²) in [7, 11) is 0. The number of hydrogen-bond acceptors (Lipinski definition) is 0. The van der Waals surface area contributed by atoms with E-state index >= 15 is 0 Å². The standard InChI is InChI=1S/C13H24/c1-4-5-6-7-8-9-10-11-12-13(2)3/h4-5H,2,6-12H2,1,3H3/b5-4-. The quantitative estimate of drug-likeness (QED) is 0.369. The summed E-state index contributed by atoms with van der Waals surface area (Å²) < 4.78 is 0. The van der Waals surface area contributed by atoms with E-state index in [1.54, 1.807) is 0 Å². The molecule has 76 valence electrons. The van der Waals surface area contributed by atoms with E-state index in [0.717, 1.165) is 0 Å². The van der Waals surface area contributed by atoms with Gasteiger partial charge in [0.25, 0.3) is 0 Å². The van der Waals surface area contributed by atoms with Crippen molar-refractivity contribution >= 4 is 0 Å². The highest BCUT2D eigenvalue weighted by molar-refractivity contribution is 4.87. The highest BCUT2D eigenvalue weighted by Gasteiger charge is 1.90. The average Bonchev–Trinajstić information content (AvgIpc) is 2.09. The molecular formula is C13H24. The summed E-state index contributed by atoms with van der Waals surface area (Å²) in [6, 6.07) is 0. The Kier molecular flexibility index (Phi) is 9.18. The lowest BCUT2D eigenvalue weighted by atomic mass is 10.1. The molecular weight excluding hydrogens is 156 g/mol. The maximum absolute atomic E-state index is 3.90. The van der Waals surface area contributed by atoms with E-state index < -0.39 is 0 Å². The molecule has 0 fully saturated rings. The summed E-state index contributed by atoms with van der Waals surface area (Å²) in [5, 5.41) is 0. The highest BCUT2D eigenvalue weighted by atomic mass is 14.0. The molecule has 0 amide bonds. The summed E-state index contributed by atoms with van der Waals surface area (Å²) in [6.07, 6.45) is 13.7. The fraction of sp³-hybridized carbons (Fsp3) is 0.692. The van der Waals surface area contributed by atoms with Crippen molar-refractivity contribution in [2.24, 2.45) is 0 Å². The molecule has 0 aliphatic rings. The van der Waals surface area contributed by atoms with Gasteiger partial charge in [-0.25, -0.2) is 0 Å². The lowest BCUT2D eigenvalue weighted by Crippen LogP contribution is -1.80. The van der Waals surface area contributed by atoms with Gasteiger partial charge in [-0.15, -0.1) is 6.58 Å². The molecule has 0 saturated carbocycles. The number of allylic oxidation sites excluding steroid dienone is 3. The van der Waals surface area contributed by atoms with E-state index in [4.69, 9.17) is 0 Å². The minimum absolute atomic E-state index is 1.22. The molecule has 0 unspecified atom stereocenters. The second-order valence-corrected chi connectivity index (χ2v) is 3.83. The van der Waals surface area contributed by atoms with E-state index in [1.807, 2.05) is 0 Å². The number of rotatable bonds is 8. The van der Waals surface area contributed by atoms with Gasteiger partial charge in [0.2, 0.25) is 0 Å². The summed E-state index contributed by atoms with van der Waals surface area (Å²) in [5.74, 6) is 0. The molecule has 0 aliphatic carbocycles. The molecule has 13 heavy (non-hydrogen) atoms. The Hall–Kier alpha value is -0.520. The SMILES string of the molecule is C=C(C)CCCCCCC/C=C\C. The second-order valence-electron chi connectivity index (χ2n) is 3.83. The summed E-state index contributed by atoms with van der Waals surface area (Å²) in [4.78, 5) is 0. The fourth-order valence-electron chi connectivity index (χ4n) is 1.39. The molecule has 0 aliphatic heterocycles. The topological polar surface area (TPSA) is 0 Å². The monoisotopic (exact) mass is 180 g/mol. The van der Waals surface area contributed by atoms with Crippen molar-refractivity contribution in [2.45, 2.75) is 58.8 Å². The van der Waals surface area contributed by atoms with E-state index in [-0.39, 0.29) is 0 Å². The van der Waals surface area contributed by atoms with E-state index in [0.29, 0.717) is 0 Å². The normalized spacial score (nSPS) is 10.9. The first-order chi connectivity index (χ1) is 6.27. The first-order valence-corrected chi connectivity index (χ1v) is 5.53. The van der Waals surface area contributed by atoms with E-state index in [2.05, 4.69) is 32.6 Å². The molecule has 0 N–H and O–H groups in total. The van der Waals surface area contributed by atoms with Gasteiger partial charge in [0, 0.05) is 0 Å². The molecule has 0 heteroatoms. The summed E-state index contributed by atoms with van der Waals surface area (Å²) in [5.41, 5.74) is 1.33. The van der Waals surface area contributed by atoms with Crippen molar-refractivity contribution in [1.29, 1.82) is 0 Å². The van der Waals surface area contributed by atoms with Crippen LogP contribution in [0.25, 0.3) is 0 Å². The Morgan fingerprint density at radius 2 is 1.69 bits per heavy atom. The van der Waals surface area contributed by atoms with Gasteiger partial charge in [0.1, 0.15) is 0 Å². The highest BCUT2D eigenvalue weighted by Crippen LogP contribution is 2.10. The maximum Gasteiger partial charge on any atom is -0.0326 e. The molecule has 0 aromatic rings. The maximum atomic E-state index is 3.90. The molecule has 0 nitrogen and oxygen atoms in total. The van der Waals surface area contributed by atoms with E-state index in [9.17, 15) is 0 Å². The predicted molar refractivity (Wildman–Crippen MR) is 61.9 cm³/mol. The number of hydrogen-bond donors (Lipinski definition) is 0. The van der Waals surface area contributed by atoms with Gasteiger partial charge in [-0.1, -0.05) is 37.0 Å². The van der Waals surface area contributed by atoms with Gasteiger partial charge >= 0.3 is 0 Å². The van der Waals surface area contributed by atoms with Gasteiger partial charge in [-0.05, 0) is 39.5 Å². The molecule has 0 heterocycles. The molecule has 0 rings (SSSR count). The largest absolute Gasteiger partial charge is 0.100 e. The van der Waals surface area contributed by atoms with Gasteiger partial charge in [0.15, 0.2) is 0 Å². The molecule has 0 saturated heterocycles. The first kappa shape index (κ1) is 12.5. The van der Waals surface area contributed by atoms with Crippen molar-refractivity contribution < 1.29 is 0 Å². The lowest BCUT2D eigenvalue weighted by molar-refractivity contribution is 0.616. The third-order valence-corrected chi connectivity index (χ3v) is 2.21. The van der Waals surface area contributed by atoms with Crippen LogP contribution in [0.4, 0.5) is 0 Å². The van der Waals surface area contributed by atoms with Crippen LogP contribution >= 0.6 is 0 Å². The van der Waals surface area contributed by atoms with Crippen molar-refractivity contribution in [2.75, 3.05) is 0 Å². The zero-order valence-corrected chi connectivity index (χ0v) is 9.31. The summed E-state index contributed by atoms with van der Waals surface area (Å²) >= 11 is 0. The molecule has 0 bridgehead atoms. The molecule has 0 spiro atoms. The number of unbranched alkanes of at least 4 members (excludes halogenated alkanes) is 5. The van der Waals surface area contributed by atoms with Gasteiger partial charge < -0.3 is 0 Å². The average molecular weight is 180 g/mol. The minimum Gasteiger partial charge on any atom is -0.100 e. The Morgan fingerprint density at radius 3 is 2.31 bits per heavy atom. The smallest absolute Gasteiger partial charge is 0.0326 e. The molecule has 0 radical (unpaired) electrons. The van der Waals surface area contributed by atoms with Crippen LogP contribution in [0.3, 0.4) is 0 Å². The van der Waals surface area contributed by atoms with Crippen molar-refractivity contribution in [3.05, 3.63) is 24.3 Å². The van der Waals surface area contributed by atoms with Crippen LogP contribution in [0.5, 0.6) is 0 Å². The van der Waals surface area contributed by atoms with Crippen molar-refractivity contribution in [1.82, 2.24) is 0 Å². The Bertz CT molecular complexity index is 142. The zero-order valence-electron chi connectivity index (χ0n) is 9.31. The van der Waals surface area contributed by atoms with Crippen molar-refractivity contribution in [3.8, 4) is 0 Å². The predicted octanol–water partition coefficient (Wildman–Crippen LogP) is 4.87. The molecule has 0 aromatic carbocycles. The third kappa shape index (κ3) is 11.5. The first-order valence-electron chi connectivity index (χ1n) is 5.53. The lowest BCUT2D eigenvalue weighted by Gasteiger charge is -2.00. The third-order valence-electron chi connectivity index (χ3n) is 2.21. The Morgan fingerprint density at radius 1 is 1.08 bits per heavy atom. The molecule has 0 atom stereocenters. The Labute approximate surface area is 83.7 Å². The van der Waals surface area contributed by atoms with Gasteiger partial charge in [-0.3, -0.25) is 0 Å². The van der Waals surface area contributed by atoms with Crippen LogP contribution in [0.15, 0.2) is 24.3 Å².